The number of benzene rings is 1. The summed E-state index contributed by atoms with van der Waals surface area (Å²) < 4.78 is 22.9. The second kappa shape index (κ2) is 6.52. The number of alkyl halides is 1. The lowest BCUT2D eigenvalue weighted by molar-refractivity contribution is 0.0931. The predicted octanol–water partition coefficient (Wildman–Crippen LogP) is 2.24. The molecule has 0 aliphatic rings. The highest BCUT2D eigenvalue weighted by molar-refractivity contribution is 9.09. The monoisotopic (exact) mass is 347 g/mol. The van der Waals surface area contributed by atoms with Gasteiger partial charge in [0.05, 0.1) is 4.90 Å². The molecule has 0 aliphatic heterocycles. The highest BCUT2D eigenvalue weighted by atomic mass is 79.9. The lowest BCUT2D eigenvalue weighted by atomic mass is 10.1. The average Bonchev–Trinajstić information content (AvgIpc) is 2.34. The van der Waals surface area contributed by atoms with Crippen molar-refractivity contribution < 1.29 is 13.2 Å². The number of amides is 1. The maximum absolute atomic E-state index is 12.1. The molecule has 0 radical (unpaired) electrons. The first-order valence-electron chi connectivity index (χ1n) is 5.92. The van der Waals surface area contributed by atoms with E-state index in [1.54, 1.807) is 12.1 Å². The van der Waals surface area contributed by atoms with Crippen LogP contribution in [0.4, 0.5) is 0 Å². The molecule has 0 spiro atoms. The Hall–Kier alpha value is -0.880. The van der Waals surface area contributed by atoms with Gasteiger partial charge in [0.2, 0.25) is 0 Å². The van der Waals surface area contributed by atoms with Gasteiger partial charge in [0.1, 0.15) is 0 Å². The second-order valence-electron chi connectivity index (χ2n) is 4.78. The maximum atomic E-state index is 12.1. The van der Waals surface area contributed by atoms with E-state index in [0.717, 1.165) is 6.26 Å². The van der Waals surface area contributed by atoms with E-state index in [9.17, 15) is 13.2 Å². The van der Waals surface area contributed by atoms with Crippen LogP contribution in [0, 0.1) is 5.92 Å². The van der Waals surface area contributed by atoms with Crippen LogP contribution in [0.1, 0.15) is 24.2 Å². The third kappa shape index (κ3) is 4.62. The van der Waals surface area contributed by atoms with Gasteiger partial charge in [-0.15, -0.1) is 0 Å². The lowest BCUT2D eigenvalue weighted by Gasteiger charge is -2.20. The number of carbonyl (C=O) groups excluding carboxylic acids is 1. The van der Waals surface area contributed by atoms with E-state index >= 15 is 0 Å². The van der Waals surface area contributed by atoms with Crippen LogP contribution >= 0.6 is 15.9 Å². The topological polar surface area (TPSA) is 63.2 Å². The van der Waals surface area contributed by atoms with Crippen molar-refractivity contribution in [3.05, 3.63) is 29.8 Å². The predicted molar refractivity (Wildman–Crippen MR) is 79.4 cm³/mol. The molecule has 1 aromatic rings. The molecule has 1 amide bonds. The smallest absolute Gasteiger partial charge is 0.251 e. The van der Waals surface area contributed by atoms with Crippen molar-refractivity contribution in [1.82, 2.24) is 5.32 Å². The molecule has 0 aliphatic carbocycles. The lowest BCUT2D eigenvalue weighted by Crippen LogP contribution is -2.39. The SMILES string of the molecule is CC(C)C(CBr)NC(=O)c1cccc(S(C)(=O)=O)c1. The first-order valence-corrected chi connectivity index (χ1v) is 8.94. The molecule has 4 nitrogen and oxygen atoms in total. The summed E-state index contributed by atoms with van der Waals surface area (Å²) in [6, 6.07) is 6.07. The van der Waals surface area contributed by atoms with Crippen molar-refractivity contribution in [3.8, 4) is 0 Å². The van der Waals surface area contributed by atoms with Crippen LogP contribution < -0.4 is 5.32 Å². The van der Waals surface area contributed by atoms with Crippen LogP contribution in [0.3, 0.4) is 0 Å². The Bertz CT molecular complexity index is 555. The fourth-order valence-corrected chi connectivity index (χ4v) is 3.08. The number of hydrogen-bond donors (Lipinski definition) is 1. The molecule has 6 heteroatoms. The van der Waals surface area contributed by atoms with Gasteiger partial charge in [0.15, 0.2) is 9.84 Å². The van der Waals surface area contributed by atoms with E-state index in [-0.39, 0.29) is 16.8 Å². The Morgan fingerprint density at radius 2 is 2.00 bits per heavy atom. The summed E-state index contributed by atoms with van der Waals surface area (Å²) >= 11 is 3.35. The number of nitrogens with one attached hydrogen (secondary N) is 1. The van der Waals surface area contributed by atoms with Gasteiger partial charge in [-0.05, 0) is 24.1 Å². The highest BCUT2D eigenvalue weighted by Crippen LogP contribution is 2.12. The van der Waals surface area contributed by atoms with Crippen molar-refractivity contribution >= 4 is 31.7 Å². The Balaban J connectivity index is 2.95. The molecule has 0 saturated carbocycles. The third-order valence-corrected chi connectivity index (χ3v) is 4.62. The third-order valence-electron chi connectivity index (χ3n) is 2.81. The van der Waals surface area contributed by atoms with Crippen LogP contribution in [-0.2, 0) is 9.84 Å². The first kappa shape index (κ1) is 16.2. The minimum Gasteiger partial charge on any atom is -0.348 e. The molecular formula is C13H18BrNO3S. The summed E-state index contributed by atoms with van der Waals surface area (Å²) in [6.07, 6.45) is 1.12. The van der Waals surface area contributed by atoms with Gasteiger partial charge in [-0.3, -0.25) is 4.79 Å². The van der Waals surface area contributed by atoms with Gasteiger partial charge >= 0.3 is 0 Å². The summed E-state index contributed by atoms with van der Waals surface area (Å²) in [5, 5.41) is 3.54. The molecule has 1 aromatic carbocycles. The van der Waals surface area contributed by atoms with Gasteiger partial charge < -0.3 is 5.32 Å². The van der Waals surface area contributed by atoms with Crippen molar-refractivity contribution in [2.75, 3.05) is 11.6 Å². The van der Waals surface area contributed by atoms with E-state index in [4.69, 9.17) is 0 Å². The van der Waals surface area contributed by atoms with E-state index < -0.39 is 9.84 Å². The fourth-order valence-electron chi connectivity index (χ4n) is 1.50. The number of halogens is 1. The standard InChI is InChI=1S/C13H18BrNO3S/c1-9(2)12(8-14)15-13(16)10-5-4-6-11(7-10)19(3,17)18/h4-7,9,12H,8H2,1-3H3,(H,15,16). The molecule has 19 heavy (non-hydrogen) atoms. The maximum Gasteiger partial charge on any atom is 0.251 e. The number of sulfone groups is 1. The van der Waals surface area contributed by atoms with Crippen molar-refractivity contribution in [2.24, 2.45) is 5.92 Å². The summed E-state index contributed by atoms with van der Waals surface area (Å²) in [6.45, 7) is 4.03. The van der Waals surface area contributed by atoms with Crippen LogP contribution in [0.15, 0.2) is 29.2 Å². The molecule has 1 unspecified atom stereocenters. The van der Waals surface area contributed by atoms with Gasteiger partial charge in [0, 0.05) is 23.2 Å². The summed E-state index contributed by atoms with van der Waals surface area (Å²) in [7, 11) is -3.30. The van der Waals surface area contributed by atoms with Crippen molar-refractivity contribution in [2.45, 2.75) is 24.8 Å². The normalized spacial score (nSPS) is 13.3. The molecule has 106 valence electrons. The minimum atomic E-state index is -3.30. The van der Waals surface area contributed by atoms with E-state index in [2.05, 4.69) is 21.2 Å². The zero-order chi connectivity index (χ0) is 14.6. The zero-order valence-electron chi connectivity index (χ0n) is 11.2. The van der Waals surface area contributed by atoms with E-state index in [1.807, 2.05) is 13.8 Å². The molecule has 0 bridgehead atoms. The van der Waals surface area contributed by atoms with Crippen LogP contribution in [0.5, 0.6) is 0 Å². The van der Waals surface area contributed by atoms with Crippen molar-refractivity contribution in [1.29, 1.82) is 0 Å². The largest absolute Gasteiger partial charge is 0.348 e. The number of carbonyl (C=O) groups is 1. The summed E-state index contributed by atoms with van der Waals surface area (Å²) in [4.78, 5) is 12.2. The Morgan fingerprint density at radius 1 is 1.37 bits per heavy atom. The van der Waals surface area contributed by atoms with Crippen LogP contribution in [0.25, 0.3) is 0 Å². The average molecular weight is 348 g/mol. The fraction of sp³-hybridized carbons (Fsp3) is 0.462. The molecule has 0 saturated heterocycles. The quantitative estimate of drug-likeness (QED) is 0.830. The van der Waals surface area contributed by atoms with Gasteiger partial charge in [-0.25, -0.2) is 8.42 Å². The molecule has 0 heterocycles. The second-order valence-corrected chi connectivity index (χ2v) is 7.44. The summed E-state index contributed by atoms with van der Waals surface area (Å²) in [5.41, 5.74) is 0.356. The van der Waals surface area contributed by atoms with Gasteiger partial charge in [-0.2, -0.15) is 0 Å². The van der Waals surface area contributed by atoms with E-state index in [1.165, 1.54) is 12.1 Å². The molecule has 0 aromatic heterocycles. The molecule has 1 rings (SSSR count). The molecule has 0 fully saturated rings. The molecule has 1 N–H and O–H groups in total. The Labute approximate surface area is 122 Å². The van der Waals surface area contributed by atoms with Crippen LogP contribution in [0.2, 0.25) is 0 Å². The molecule has 1 atom stereocenters. The van der Waals surface area contributed by atoms with Crippen LogP contribution in [-0.4, -0.2) is 32.0 Å². The Kier molecular flexibility index (Phi) is 5.55. The number of rotatable bonds is 5. The summed E-state index contributed by atoms with van der Waals surface area (Å²) in [5.74, 6) is 0.0325. The highest BCUT2D eigenvalue weighted by Gasteiger charge is 2.17. The number of hydrogen-bond acceptors (Lipinski definition) is 3. The Morgan fingerprint density at radius 3 is 2.47 bits per heavy atom. The van der Waals surface area contributed by atoms with Gasteiger partial charge in [0.25, 0.3) is 5.91 Å². The van der Waals surface area contributed by atoms with Crippen molar-refractivity contribution in [3.63, 3.8) is 0 Å². The van der Waals surface area contributed by atoms with Gasteiger partial charge in [-0.1, -0.05) is 35.8 Å². The minimum absolute atomic E-state index is 0.00869. The first-order chi connectivity index (χ1) is 8.75. The zero-order valence-corrected chi connectivity index (χ0v) is 13.6. The van der Waals surface area contributed by atoms with E-state index in [0.29, 0.717) is 16.8 Å². The molecular weight excluding hydrogens is 330 g/mol.